The number of carboxylic acids is 1. The second-order valence-electron chi connectivity index (χ2n) is 5.30. The standard InChI is InChI=1S/C13H24N4O4/c1-3-16-6-4-5-10(16)7-15(2)13(21)17(8-11(14)18)9-12(19)20/h10H,3-9H2,1-2H3,(H2,14,18)(H,19,20). The molecule has 1 rings (SSSR count). The van der Waals surface area contributed by atoms with Crippen molar-refractivity contribution in [3.8, 4) is 0 Å². The second-order valence-corrected chi connectivity index (χ2v) is 5.30. The smallest absolute Gasteiger partial charge is 0.323 e. The van der Waals surface area contributed by atoms with E-state index in [1.54, 1.807) is 7.05 Å². The molecular formula is C13H24N4O4. The molecule has 1 unspecified atom stereocenters. The van der Waals surface area contributed by atoms with Crippen LogP contribution in [0, 0.1) is 0 Å². The first-order valence-electron chi connectivity index (χ1n) is 7.09. The zero-order valence-corrected chi connectivity index (χ0v) is 12.6. The molecule has 8 nitrogen and oxygen atoms in total. The molecule has 1 aliphatic heterocycles. The first-order chi connectivity index (χ1) is 9.85. The van der Waals surface area contributed by atoms with Crippen LogP contribution in [0.5, 0.6) is 0 Å². The van der Waals surface area contributed by atoms with Gasteiger partial charge in [0.05, 0.1) is 0 Å². The maximum absolute atomic E-state index is 12.3. The molecular weight excluding hydrogens is 276 g/mol. The number of hydrogen-bond donors (Lipinski definition) is 2. The first-order valence-corrected chi connectivity index (χ1v) is 7.09. The van der Waals surface area contributed by atoms with Crippen LogP contribution >= 0.6 is 0 Å². The highest BCUT2D eigenvalue weighted by molar-refractivity contribution is 5.85. The normalized spacial score (nSPS) is 18.5. The van der Waals surface area contributed by atoms with Crippen LogP contribution in [0.15, 0.2) is 0 Å². The molecule has 1 heterocycles. The lowest BCUT2D eigenvalue weighted by atomic mass is 10.2. The molecule has 0 saturated carbocycles. The summed E-state index contributed by atoms with van der Waals surface area (Å²) in [5.41, 5.74) is 5.06. The molecule has 3 amide bonds. The molecule has 0 aromatic rings. The molecule has 0 bridgehead atoms. The minimum Gasteiger partial charge on any atom is -0.480 e. The van der Waals surface area contributed by atoms with Crippen molar-refractivity contribution in [2.24, 2.45) is 5.73 Å². The van der Waals surface area contributed by atoms with E-state index in [9.17, 15) is 14.4 Å². The number of nitrogens with zero attached hydrogens (tertiary/aromatic N) is 3. The van der Waals surface area contributed by atoms with Crippen LogP contribution in [0.3, 0.4) is 0 Å². The van der Waals surface area contributed by atoms with Crippen molar-refractivity contribution in [3.63, 3.8) is 0 Å². The predicted molar refractivity (Wildman–Crippen MR) is 76.7 cm³/mol. The van der Waals surface area contributed by atoms with Crippen molar-refractivity contribution >= 4 is 17.9 Å². The van der Waals surface area contributed by atoms with E-state index in [2.05, 4.69) is 11.8 Å². The molecule has 0 aromatic heterocycles. The van der Waals surface area contributed by atoms with Gasteiger partial charge in [0.25, 0.3) is 0 Å². The Hall–Kier alpha value is -1.83. The van der Waals surface area contributed by atoms with E-state index in [1.807, 2.05) is 0 Å². The van der Waals surface area contributed by atoms with Crippen LogP contribution in [-0.2, 0) is 9.59 Å². The Morgan fingerprint density at radius 1 is 1.33 bits per heavy atom. The van der Waals surface area contributed by atoms with Crippen LogP contribution < -0.4 is 5.73 Å². The van der Waals surface area contributed by atoms with Gasteiger partial charge >= 0.3 is 12.0 Å². The van der Waals surface area contributed by atoms with Gasteiger partial charge in [0, 0.05) is 19.6 Å². The van der Waals surface area contributed by atoms with Crippen LogP contribution in [-0.4, -0.2) is 83.5 Å². The van der Waals surface area contributed by atoms with E-state index in [0.717, 1.165) is 30.8 Å². The molecule has 120 valence electrons. The number of rotatable bonds is 7. The monoisotopic (exact) mass is 300 g/mol. The van der Waals surface area contributed by atoms with Crippen LogP contribution in [0.1, 0.15) is 19.8 Å². The highest BCUT2D eigenvalue weighted by Crippen LogP contribution is 2.17. The number of primary amides is 1. The van der Waals surface area contributed by atoms with Gasteiger partial charge in [0.2, 0.25) is 5.91 Å². The van der Waals surface area contributed by atoms with Gasteiger partial charge in [-0.1, -0.05) is 6.92 Å². The Bertz CT molecular complexity index is 386. The summed E-state index contributed by atoms with van der Waals surface area (Å²) in [5, 5.41) is 8.82. The third-order valence-electron chi connectivity index (χ3n) is 3.66. The lowest BCUT2D eigenvalue weighted by molar-refractivity contribution is -0.138. The average molecular weight is 300 g/mol. The third kappa shape index (κ3) is 5.22. The predicted octanol–water partition coefficient (Wildman–Crippen LogP) is -0.606. The molecule has 21 heavy (non-hydrogen) atoms. The van der Waals surface area contributed by atoms with E-state index >= 15 is 0 Å². The second kappa shape index (κ2) is 7.82. The van der Waals surface area contributed by atoms with Gasteiger partial charge in [0.1, 0.15) is 13.1 Å². The Labute approximate surface area is 124 Å². The van der Waals surface area contributed by atoms with Gasteiger partial charge in [-0.25, -0.2) is 4.79 Å². The maximum Gasteiger partial charge on any atom is 0.323 e. The number of carbonyl (C=O) groups is 3. The zero-order valence-electron chi connectivity index (χ0n) is 12.6. The highest BCUT2D eigenvalue weighted by atomic mass is 16.4. The Kier molecular flexibility index (Phi) is 6.41. The summed E-state index contributed by atoms with van der Waals surface area (Å²) in [6, 6.07) is -0.205. The molecule has 3 N–H and O–H groups in total. The largest absolute Gasteiger partial charge is 0.480 e. The number of aliphatic carboxylic acids is 1. The Morgan fingerprint density at radius 3 is 2.52 bits per heavy atom. The Balaban J connectivity index is 2.64. The molecule has 1 atom stereocenters. The van der Waals surface area contributed by atoms with E-state index in [-0.39, 0.29) is 6.04 Å². The third-order valence-corrected chi connectivity index (χ3v) is 3.66. The maximum atomic E-state index is 12.3. The van der Waals surface area contributed by atoms with E-state index in [1.165, 1.54) is 4.90 Å². The first kappa shape index (κ1) is 17.2. The fraction of sp³-hybridized carbons (Fsp3) is 0.769. The topological polar surface area (TPSA) is 107 Å². The van der Waals surface area contributed by atoms with E-state index in [4.69, 9.17) is 10.8 Å². The minimum atomic E-state index is -1.17. The minimum absolute atomic E-state index is 0.282. The van der Waals surface area contributed by atoms with Gasteiger partial charge in [-0.05, 0) is 25.9 Å². The summed E-state index contributed by atoms with van der Waals surface area (Å²) in [5.74, 6) is -1.90. The van der Waals surface area contributed by atoms with Crippen molar-refractivity contribution in [2.45, 2.75) is 25.8 Å². The zero-order chi connectivity index (χ0) is 16.0. The highest BCUT2D eigenvalue weighted by Gasteiger charge is 2.28. The summed E-state index contributed by atoms with van der Waals surface area (Å²) >= 11 is 0. The lowest BCUT2D eigenvalue weighted by Gasteiger charge is -2.31. The molecule has 0 radical (unpaired) electrons. The summed E-state index contributed by atoms with van der Waals surface area (Å²) in [7, 11) is 1.62. The molecule has 8 heteroatoms. The summed E-state index contributed by atoms with van der Waals surface area (Å²) in [6.45, 7) is 3.60. The molecule has 1 fully saturated rings. The van der Waals surface area contributed by atoms with E-state index < -0.39 is 31.0 Å². The fourth-order valence-electron chi connectivity index (χ4n) is 2.70. The molecule has 1 saturated heterocycles. The van der Waals surface area contributed by atoms with Crippen molar-refractivity contribution < 1.29 is 19.5 Å². The average Bonchev–Trinajstić information content (AvgIpc) is 2.83. The SMILES string of the molecule is CCN1CCCC1CN(C)C(=O)N(CC(N)=O)CC(=O)O. The number of likely N-dealkylation sites (tertiary alicyclic amines) is 1. The summed E-state index contributed by atoms with van der Waals surface area (Å²) < 4.78 is 0. The van der Waals surface area contributed by atoms with Crippen LogP contribution in [0.25, 0.3) is 0 Å². The summed E-state index contributed by atoms with van der Waals surface area (Å²) in [6.07, 6.45) is 2.11. The van der Waals surface area contributed by atoms with Crippen LogP contribution in [0.4, 0.5) is 4.79 Å². The van der Waals surface area contributed by atoms with Crippen molar-refractivity contribution in [2.75, 3.05) is 39.8 Å². The number of carbonyl (C=O) groups excluding carboxylic acids is 2. The fourth-order valence-corrected chi connectivity index (χ4v) is 2.70. The van der Waals surface area contributed by atoms with Gasteiger partial charge in [0.15, 0.2) is 0 Å². The number of likely N-dealkylation sites (N-methyl/N-ethyl adjacent to an activating group) is 2. The number of nitrogens with two attached hydrogens (primary N) is 1. The van der Waals surface area contributed by atoms with Gasteiger partial charge in [-0.2, -0.15) is 0 Å². The quantitative estimate of drug-likeness (QED) is 0.652. The van der Waals surface area contributed by atoms with E-state index in [0.29, 0.717) is 6.54 Å². The van der Waals surface area contributed by atoms with Gasteiger partial charge in [-0.3, -0.25) is 14.5 Å². The number of carboxylic acid groups (broad SMARTS) is 1. The number of hydrogen-bond acceptors (Lipinski definition) is 4. The summed E-state index contributed by atoms with van der Waals surface area (Å²) in [4.78, 5) is 38.7. The molecule has 1 aliphatic rings. The lowest BCUT2D eigenvalue weighted by Crippen LogP contribution is -2.50. The molecule has 0 spiro atoms. The molecule has 0 aromatic carbocycles. The van der Waals surface area contributed by atoms with Crippen molar-refractivity contribution in [1.82, 2.24) is 14.7 Å². The molecule has 0 aliphatic carbocycles. The van der Waals surface area contributed by atoms with Gasteiger partial charge in [-0.15, -0.1) is 0 Å². The van der Waals surface area contributed by atoms with Crippen molar-refractivity contribution in [3.05, 3.63) is 0 Å². The van der Waals surface area contributed by atoms with Crippen LogP contribution in [0.2, 0.25) is 0 Å². The Morgan fingerprint density at radius 2 is 2.00 bits per heavy atom. The van der Waals surface area contributed by atoms with Crippen molar-refractivity contribution in [1.29, 1.82) is 0 Å². The van der Waals surface area contributed by atoms with Gasteiger partial charge < -0.3 is 20.6 Å². The number of urea groups is 1. The number of amides is 3.